The van der Waals surface area contributed by atoms with E-state index in [9.17, 15) is 4.39 Å². The summed E-state index contributed by atoms with van der Waals surface area (Å²) in [5.74, 6) is -0.192. The highest BCUT2D eigenvalue weighted by atomic mass is 35.5. The van der Waals surface area contributed by atoms with E-state index in [1.165, 1.54) is 6.07 Å². The summed E-state index contributed by atoms with van der Waals surface area (Å²) >= 11 is 17.4. The molecule has 0 aliphatic carbocycles. The topological polar surface area (TPSA) is 18.5 Å². The second-order valence-corrected chi connectivity index (χ2v) is 7.15. The van der Waals surface area contributed by atoms with Gasteiger partial charge in [-0.1, -0.05) is 35.3 Å². The first kappa shape index (κ1) is 18.4. The molecule has 1 aliphatic heterocycles. The Morgan fingerprint density at radius 3 is 2.48 bits per heavy atom. The van der Waals surface area contributed by atoms with E-state index in [0.717, 1.165) is 44.0 Å². The smallest absolute Gasteiger partial charge is 0.173 e. The zero-order chi connectivity index (χ0) is 17.8. The van der Waals surface area contributed by atoms with E-state index in [1.807, 2.05) is 12.1 Å². The summed E-state index contributed by atoms with van der Waals surface area (Å²) in [6, 6.07) is 12.1. The minimum absolute atomic E-state index is 0.192. The number of hydrogen-bond acceptors (Lipinski definition) is 2. The second kappa shape index (κ2) is 8.32. The molecule has 0 aromatic heterocycles. The lowest BCUT2D eigenvalue weighted by Gasteiger charge is -2.36. The molecule has 3 nitrogen and oxygen atoms in total. The van der Waals surface area contributed by atoms with Crippen LogP contribution in [0.5, 0.6) is 0 Å². The number of nitrogens with one attached hydrogen (secondary N) is 1. The number of thiocarbonyl (C=S) groups is 1. The van der Waals surface area contributed by atoms with Crippen LogP contribution in [0.15, 0.2) is 42.5 Å². The van der Waals surface area contributed by atoms with Crippen LogP contribution < -0.4 is 5.32 Å². The average Bonchev–Trinajstić information content (AvgIpc) is 2.59. The molecule has 7 heteroatoms. The van der Waals surface area contributed by atoms with Crippen molar-refractivity contribution < 1.29 is 4.39 Å². The molecule has 1 fully saturated rings. The van der Waals surface area contributed by atoms with Gasteiger partial charge in [-0.15, -0.1) is 0 Å². The molecule has 0 radical (unpaired) electrons. The monoisotopic (exact) mass is 397 g/mol. The first-order chi connectivity index (χ1) is 12.0. The number of anilines is 1. The maximum absolute atomic E-state index is 13.3. The first-order valence-corrected chi connectivity index (χ1v) is 9.15. The van der Waals surface area contributed by atoms with E-state index in [1.54, 1.807) is 24.3 Å². The molecule has 2 aromatic rings. The Morgan fingerprint density at radius 2 is 1.80 bits per heavy atom. The average molecular weight is 398 g/mol. The van der Waals surface area contributed by atoms with E-state index < -0.39 is 0 Å². The van der Waals surface area contributed by atoms with Crippen molar-refractivity contribution in [3.63, 3.8) is 0 Å². The molecule has 0 spiro atoms. The highest BCUT2D eigenvalue weighted by molar-refractivity contribution is 7.80. The van der Waals surface area contributed by atoms with E-state index in [0.29, 0.717) is 15.2 Å². The van der Waals surface area contributed by atoms with Crippen LogP contribution in [0, 0.1) is 5.82 Å². The van der Waals surface area contributed by atoms with Gasteiger partial charge in [-0.25, -0.2) is 4.39 Å². The molecule has 1 heterocycles. The van der Waals surface area contributed by atoms with Crippen molar-refractivity contribution in [2.24, 2.45) is 0 Å². The summed E-state index contributed by atoms with van der Waals surface area (Å²) in [4.78, 5) is 4.42. The lowest BCUT2D eigenvalue weighted by molar-refractivity contribution is 0.177. The maximum atomic E-state index is 13.3. The van der Waals surface area contributed by atoms with Crippen LogP contribution in [0.25, 0.3) is 0 Å². The molecule has 132 valence electrons. The van der Waals surface area contributed by atoms with Gasteiger partial charge in [0.05, 0.1) is 10.0 Å². The summed E-state index contributed by atoms with van der Waals surface area (Å²) in [5, 5.41) is 4.88. The molecule has 1 aliphatic rings. The quantitative estimate of drug-likeness (QED) is 0.759. The lowest BCUT2D eigenvalue weighted by atomic mass is 10.2. The van der Waals surface area contributed by atoms with Gasteiger partial charge in [-0.05, 0) is 48.1 Å². The van der Waals surface area contributed by atoms with Crippen LogP contribution in [0.4, 0.5) is 10.1 Å². The Balaban J connectivity index is 1.51. The van der Waals surface area contributed by atoms with Crippen molar-refractivity contribution >= 4 is 46.2 Å². The van der Waals surface area contributed by atoms with E-state index in [4.69, 9.17) is 35.4 Å². The fourth-order valence-corrected chi connectivity index (χ4v) is 3.38. The summed E-state index contributed by atoms with van der Waals surface area (Å²) in [6.07, 6.45) is 0. The molecule has 0 unspecified atom stereocenters. The van der Waals surface area contributed by atoms with Crippen LogP contribution in [0.1, 0.15) is 5.56 Å². The predicted molar refractivity (Wildman–Crippen MR) is 106 cm³/mol. The molecule has 0 bridgehead atoms. The fraction of sp³-hybridized carbons (Fsp3) is 0.278. The van der Waals surface area contributed by atoms with Gasteiger partial charge >= 0.3 is 0 Å². The lowest BCUT2D eigenvalue weighted by Crippen LogP contribution is -2.49. The third-order valence-corrected chi connectivity index (χ3v) is 5.22. The van der Waals surface area contributed by atoms with Gasteiger partial charge in [0.25, 0.3) is 0 Å². The molecule has 3 rings (SSSR count). The number of benzene rings is 2. The van der Waals surface area contributed by atoms with E-state index in [2.05, 4.69) is 15.1 Å². The van der Waals surface area contributed by atoms with Gasteiger partial charge in [-0.2, -0.15) is 0 Å². The molecule has 25 heavy (non-hydrogen) atoms. The van der Waals surface area contributed by atoms with E-state index in [-0.39, 0.29) is 5.82 Å². The Kier molecular flexibility index (Phi) is 6.12. The van der Waals surface area contributed by atoms with Crippen molar-refractivity contribution in [3.05, 3.63) is 63.9 Å². The highest BCUT2D eigenvalue weighted by Crippen LogP contribution is 2.25. The van der Waals surface area contributed by atoms with Gasteiger partial charge < -0.3 is 10.2 Å². The predicted octanol–water partition coefficient (Wildman–Crippen LogP) is 4.65. The zero-order valence-corrected chi connectivity index (χ0v) is 15.8. The van der Waals surface area contributed by atoms with Crippen molar-refractivity contribution in [1.82, 2.24) is 9.80 Å². The number of hydrogen-bond donors (Lipinski definition) is 1. The van der Waals surface area contributed by atoms with Crippen LogP contribution in [-0.4, -0.2) is 41.1 Å². The highest BCUT2D eigenvalue weighted by Gasteiger charge is 2.19. The SMILES string of the molecule is Fc1cccc(CN2CCN(C(=S)Nc3ccc(Cl)c(Cl)c3)CC2)c1. The fourth-order valence-electron chi connectivity index (χ4n) is 2.78. The molecule has 2 aromatic carbocycles. The number of nitrogens with zero attached hydrogens (tertiary/aromatic N) is 2. The Hall–Kier alpha value is -1.40. The van der Waals surface area contributed by atoms with Gasteiger partial charge in [0.15, 0.2) is 5.11 Å². The summed E-state index contributed by atoms with van der Waals surface area (Å²) in [5.41, 5.74) is 1.81. The Morgan fingerprint density at radius 1 is 1.04 bits per heavy atom. The van der Waals surface area contributed by atoms with Gasteiger partial charge in [-0.3, -0.25) is 4.90 Å². The largest absolute Gasteiger partial charge is 0.346 e. The normalized spacial score (nSPS) is 15.2. The van der Waals surface area contributed by atoms with Crippen molar-refractivity contribution in [2.45, 2.75) is 6.54 Å². The molecule has 1 saturated heterocycles. The molecular weight excluding hydrogens is 380 g/mol. The van der Waals surface area contributed by atoms with Crippen LogP contribution >= 0.6 is 35.4 Å². The molecular formula is C18H18Cl2FN3S. The zero-order valence-electron chi connectivity index (χ0n) is 13.5. The standard InChI is InChI=1S/C18H18Cl2FN3S/c19-16-5-4-15(11-17(16)20)22-18(25)24-8-6-23(7-9-24)12-13-2-1-3-14(21)10-13/h1-5,10-11H,6-9,12H2,(H,22,25). The third-order valence-electron chi connectivity index (χ3n) is 4.13. The molecule has 1 N–H and O–H groups in total. The summed E-state index contributed by atoms with van der Waals surface area (Å²) in [6.45, 7) is 4.14. The maximum Gasteiger partial charge on any atom is 0.173 e. The minimum Gasteiger partial charge on any atom is -0.346 e. The Labute approximate surface area is 162 Å². The second-order valence-electron chi connectivity index (χ2n) is 5.95. The Bertz CT molecular complexity index is 764. The van der Waals surface area contributed by atoms with Crippen molar-refractivity contribution in [1.29, 1.82) is 0 Å². The van der Waals surface area contributed by atoms with Crippen molar-refractivity contribution in [2.75, 3.05) is 31.5 Å². The number of halogens is 3. The van der Waals surface area contributed by atoms with Crippen LogP contribution in [0.2, 0.25) is 10.0 Å². The summed E-state index contributed by atoms with van der Waals surface area (Å²) < 4.78 is 13.3. The van der Waals surface area contributed by atoms with Crippen LogP contribution in [-0.2, 0) is 6.54 Å². The first-order valence-electron chi connectivity index (χ1n) is 7.99. The van der Waals surface area contributed by atoms with Gasteiger partial charge in [0.1, 0.15) is 5.82 Å². The third kappa shape index (κ3) is 5.05. The molecule has 0 saturated carbocycles. The molecule has 0 atom stereocenters. The van der Waals surface area contributed by atoms with Gasteiger partial charge in [0.2, 0.25) is 0 Å². The van der Waals surface area contributed by atoms with Gasteiger partial charge in [0, 0.05) is 38.4 Å². The van der Waals surface area contributed by atoms with Crippen molar-refractivity contribution in [3.8, 4) is 0 Å². The number of rotatable bonds is 3. The summed E-state index contributed by atoms with van der Waals surface area (Å²) in [7, 11) is 0. The number of piperazine rings is 1. The van der Waals surface area contributed by atoms with E-state index >= 15 is 0 Å². The molecule has 0 amide bonds. The van der Waals surface area contributed by atoms with Crippen LogP contribution in [0.3, 0.4) is 0 Å². The minimum atomic E-state index is -0.192.